The number of amides is 1. The van der Waals surface area contributed by atoms with Gasteiger partial charge in [0, 0.05) is 25.0 Å². The molecule has 25 heavy (non-hydrogen) atoms. The standard InChI is InChI=1S/C20H24N4O/c1-14-18(11-21-23-14)20-22-19(25)13-24(20)12-15-7-9-17(10-8-15)16-5-3-2-4-6-16/h2-10,14,18,20-21,23H,11-13H2,1H3,(H,22,25). The number of carbonyl (C=O) groups excluding carboxylic acids is 1. The largest absolute Gasteiger partial charge is 0.339 e. The second-order valence-electron chi connectivity index (χ2n) is 6.96. The Labute approximate surface area is 148 Å². The molecule has 0 aromatic heterocycles. The van der Waals surface area contributed by atoms with Crippen LogP contribution in [0.25, 0.3) is 11.1 Å². The lowest BCUT2D eigenvalue weighted by atomic mass is 9.99. The SMILES string of the molecule is CC1NNCC1C1NC(=O)CN1Cc1ccc(-c2ccccc2)cc1. The average Bonchev–Trinajstić information content (AvgIpc) is 3.21. The zero-order valence-electron chi connectivity index (χ0n) is 14.4. The number of hydrogen-bond acceptors (Lipinski definition) is 4. The highest BCUT2D eigenvalue weighted by Crippen LogP contribution is 2.23. The van der Waals surface area contributed by atoms with Gasteiger partial charge in [0.1, 0.15) is 0 Å². The first-order valence-corrected chi connectivity index (χ1v) is 8.87. The predicted molar refractivity (Wildman–Crippen MR) is 98.3 cm³/mol. The van der Waals surface area contributed by atoms with Crippen LogP contribution >= 0.6 is 0 Å². The molecule has 0 bridgehead atoms. The minimum atomic E-state index is 0.0822. The highest BCUT2D eigenvalue weighted by Gasteiger charge is 2.39. The van der Waals surface area contributed by atoms with Gasteiger partial charge in [0.25, 0.3) is 0 Å². The molecule has 3 unspecified atom stereocenters. The highest BCUT2D eigenvalue weighted by atomic mass is 16.2. The summed E-state index contributed by atoms with van der Waals surface area (Å²) in [7, 11) is 0. The molecule has 0 saturated carbocycles. The maximum Gasteiger partial charge on any atom is 0.235 e. The van der Waals surface area contributed by atoms with Crippen LogP contribution in [0.15, 0.2) is 54.6 Å². The third kappa shape index (κ3) is 3.44. The van der Waals surface area contributed by atoms with E-state index in [1.54, 1.807) is 0 Å². The van der Waals surface area contributed by atoms with Crippen LogP contribution in [0, 0.1) is 5.92 Å². The Morgan fingerprint density at radius 2 is 1.76 bits per heavy atom. The molecule has 2 aliphatic heterocycles. The summed E-state index contributed by atoms with van der Waals surface area (Å²) >= 11 is 0. The molecule has 2 aromatic rings. The first-order chi connectivity index (χ1) is 12.2. The van der Waals surface area contributed by atoms with E-state index in [2.05, 4.69) is 76.5 Å². The van der Waals surface area contributed by atoms with Gasteiger partial charge in [-0.2, -0.15) is 0 Å². The van der Waals surface area contributed by atoms with E-state index in [1.807, 2.05) is 6.07 Å². The number of hydrazine groups is 1. The Bertz CT molecular complexity index is 731. The molecule has 130 valence electrons. The molecule has 3 atom stereocenters. The molecular weight excluding hydrogens is 312 g/mol. The van der Waals surface area contributed by atoms with Gasteiger partial charge in [0.15, 0.2) is 0 Å². The number of rotatable bonds is 4. The van der Waals surface area contributed by atoms with Crippen molar-refractivity contribution >= 4 is 5.91 Å². The molecule has 2 heterocycles. The van der Waals surface area contributed by atoms with Crippen molar-refractivity contribution in [3.63, 3.8) is 0 Å². The monoisotopic (exact) mass is 336 g/mol. The zero-order chi connectivity index (χ0) is 17.2. The summed E-state index contributed by atoms with van der Waals surface area (Å²) in [6.07, 6.45) is 0.0822. The van der Waals surface area contributed by atoms with Gasteiger partial charge in [0.2, 0.25) is 5.91 Å². The summed E-state index contributed by atoms with van der Waals surface area (Å²) in [5, 5.41) is 3.14. The fourth-order valence-electron chi connectivity index (χ4n) is 3.79. The lowest BCUT2D eigenvalue weighted by Crippen LogP contribution is -2.46. The fraction of sp³-hybridized carbons (Fsp3) is 0.350. The lowest BCUT2D eigenvalue weighted by Gasteiger charge is -2.29. The highest BCUT2D eigenvalue weighted by molar-refractivity contribution is 5.80. The molecule has 1 amide bonds. The van der Waals surface area contributed by atoms with Crippen LogP contribution in [0.1, 0.15) is 12.5 Å². The molecule has 2 saturated heterocycles. The molecule has 0 radical (unpaired) electrons. The van der Waals surface area contributed by atoms with Crippen LogP contribution < -0.4 is 16.2 Å². The Morgan fingerprint density at radius 3 is 2.44 bits per heavy atom. The van der Waals surface area contributed by atoms with Gasteiger partial charge in [0.05, 0.1) is 12.7 Å². The van der Waals surface area contributed by atoms with E-state index in [-0.39, 0.29) is 12.1 Å². The Kier molecular flexibility index (Phi) is 4.53. The van der Waals surface area contributed by atoms with Gasteiger partial charge in [-0.25, -0.2) is 0 Å². The van der Waals surface area contributed by atoms with E-state index in [4.69, 9.17) is 0 Å². The van der Waals surface area contributed by atoms with Gasteiger partial charge in [-0.15, -0.1) is 0 Å². The van der Waals surface area contributed by atoms with E-state index in [0.717, 1.165) is 13.1 Å². The molecule has 2 fully saturated rings. The summed E-state index contributed by atoms with van der Waals surface area (Å²) in [4.78, 5) is 14.2. The maximum atomic E-state index is 12.0. The van der Waals surface area contributed by atoms with Crippen molar-refractivity contribution in [2.45, 2.75) is 25.7 Å². The van der Waals surface area contributed by atoms with E-state index in [1.165, 1.54) is 16.7 Å². The molecule has 3 N–H and O–H groups in total. The van der Waals surface area contributed by atoms with Crippen molar-refractivity contribution in [2.24, 2.45) is 5.92 Å². The maximum absolute atomic E-state index is 12.0. The molecule has 5 nitrogen and oxygen atoms in total. The van der Waals surface area contributed by atoms with E-state index >= 15 is 0 Å². The quantitative estimate of drug-likeness (QED) is 0.796. The summed E-state index contributed by atoms with van der Waals surface area (Å²) < 4.78 is 0. The van der Waals surface area contributed by atoms with Crippen molar-refractivity contribution in [2.75, 3.05) is 13.1 Å². The molecule has 4 rings (SSSR count). The Hall–Kier alpha value is -2.21. The summed E-state index contributed by atoms with van der Waals surface area (Å²) in [6, 6.07) is 19.4. The Morgan fingerprint density at radius 1 is 1.04 bits per heavy atom. The van der Waals surface area contributed by atoms with Crippen molar-refractivity contribution < 1.29 is 4.79 Å². The zero-order valence-corrected chi connectivity index (χ0v) is 14.4. The third-order valence-corrected chi connectivity index (χ3v) is 5.21. The van der Waals surface area contributed by atoms with Crippen LogP contribution in [0.4, 0.5) is 0 Å². The third-order valence-electron chi connectivity index (χ3n) is 5.21. The normalized spacial score (nSPS) is 26.8. The summed E-state index contributed by atoms with van der Waals surface area (Å²) in [5.74, 6) is 0.486. The van der Waals surface area contributed by atoms with Crippen molar-refractivity contribution in [3.8, 4) is 11.1 Å². The molecule has 2 aromatic carbocycles. The summed E-state index contributed by atoms with van der Waals surface area (Å²) in [5.41, 5.74) is 10.1. The molecule has 0 spiro atoms. The van der Waals surface area contributed by atoms with Gasteiger partial charge in [-0.3, -0.25) is 20.5 Å². The summed E-state index contributed by atoms with van der Waals surface area (Å²) in [6.45, 7) is 4.27. The molecule has 2 aliphatic rings. The topological polar surface area (TPSA) is 56.4 Å². The molecule has 0 aliphatic carbocycles. The fourth-order valence-corrected chi connectivity index (χ4v) is 3.79. The first kappa shape index (κ1) is 16.3. The number of hydrogen-bond donors (Lipinski definition) is 3. The van der Waals surface area contributed by atoms with Gasteiger partial charge in [-0.1, -0.05) is 54.6 Å². The number of carbonyl (C=O) groups is 1. The van der Waals surface area contributed by atoms with Gasteiger partial charge < -0.3 is 5.32 Å². The minimum Gasteiger partial charge on any atom is -0.339 e. The Balaban J connectivity index is 1.48. The van der Waals surface area contributed by atoms with E-state index < -0.39 is 0 Å². The average molecular weight is 336 g/mol. The molecule has 5 heteroatoms. The smallest absolute Gasteiger partial charge is 0.235 e. The van der Waals surface area contributed by atoms with Crippen LogP contribution in [-0.4, -0.2) is 36.1 Å². The van der Waals surface area contributed by atoms with E-state index in [0.29, 0.717) is 18.5 Å². The molecular formula is C20H24N4O. The van der Waals surface area contributed by atoms with Gasteiger partial charge >= 0.3 is 0 Å². The second-order valence-corrected chi connectivity index (χ2v) is 6.96. The second kappa shape index (κ2) is 6.96. The van der Waals surface area contributed by atoms with Crippen molar-refractivity contribution in [3.05, 3.63) is 60.2 Å². The lowest BCUT2D eigenvalue weighted by molar-refractivity contribution is -0.118. The minimum absolute atomic E-state index is 0.0822. The van der Waals surface area contributed by atoms with Crippen LogP contribution in [0.2, 0.25) is 0 Å². The van der Waals surface area contributed by atoms with E-state index in [9.17, 15) is 4.79 Å². The predicted octanol–water partition coefficient (Wildman–Crippen LogP) is 1.72. The van der Waals surface area contributed by atoms with Crippen LogP contribution in [-0.2, 0) is 11.3 Å². The number of nitrogens with zero attached hydrogens (tertiary/aromatic N) is 1. The van der Waals surface area contributed by atoms with Crippen molar-refractivity contribution in [1.82, 2.24) is 21.1 Å². The van der Waals surface area contributed by atoms with Crippen LogP contribution in [0.3, 0.4) is 0 Å². The number of nitrogens with one attached hydrogen (secondary N) is 3. The number of benzene rings is 2. The first-order valence-electron chi connectivity index (χ1n) is 8.87. The van der Waals surface area contributed by atoms with Gasteiger partial charge in [-0.05, 0) is 23.6 Å². The van der Waals surface area contributed by atoms with Crippen LogP contribution in [0.5, 0.6) is 0 Å². The van der Waals surface area contributed by atoms with Crippen molar-refractivity contribution in [1.29, 1.82) is 0 Å².